The molecular formula is C12H15N3S. The molecule has 0 saturated heterocycles. The average molecular weight is 233 g/mol. The lowest BCUT2D eigenvalue weighted by atomic mass is 9.98. The second-order valence-electron chi connectivity index (χ2n) is 4.15. The summed E-state index contributed by atoms with van der Waals surface area (Å²) in [7, 11) is 2.11. The highest BCUT2D eigenvalue weighted by atomic mass is 32.2. The van der Waals surface area contributed by atoms with E-state index in [4.69, 9.17) is 0 Å². The second-order valence-corrected chi connectivity index (χ2v) is 4.94. The molecule has 0 amide bonds. The van der Waals surface area contributed by atoms with E-state index in [-0.39, 0.29) is 0 Å². The van der Waals surface area contributed by atoms with Crippen LogP contribution in [0.2, 0.25) is 0 Å². The van der Waals surface area contributed by atoms with Crippen LogP contribution in [0.3, 0.4) is 0 Å². The molecule has 16 heavy (non-hydrogen) atoms. The van der Waals surface area contributed by atoms with Crippen LogP contribution >= 0.6 is 11.8 Å². The first-order valence-electron chi connectivity index (χ1n) is 5.32. The van der Waals surface area contributed by atoms with Crippen molar-refractivity contribution in [2.24, 2.45) is 0 Å². The topological polar surface area (TPSA) is 39.9 Å². The second kappa shape index (κ2) is 4.44. The maximum Gasteiger partial charge on any atom is 0.114 e. The van der Waals surface area contributed by atoms with E-state index in [1.807, 2.05) is 13.2 Å². The molecule has 1 aromatic heterocycles. The first-order valence-corrected chi connectivity index (χ1v) is 6.54. The predicted molar refractivity (Wildman–Crippen MR) is 65.5 cm³/mol. The van der Waals surface area contributed by atoms with E-state index in [2.05, 4.69) is 23.0 Å². The summed E-state index contributed by atoms with van der Waals surface area (Å²) >= 11 is 1.56. The molecule has 0 N–H and O–H groups in total. The van der Waals surface area contributed by atoms with Crippen LogP contribution < -0.4 is 0 Å². The number of nitriles is 1. The summed E-state index contributed by atoms with van der Waals surface area (Å²) in [5, 5.41) is 10.1. The van der Waals surface area contributed by atoms with Crippen LogP contribution in [-0.2, 0) is 13.0 Å². The third-order valence-electron chi connectivity index (χ3n) is 3.09. The zero-order valence-electron chi connectivity index (χ0n) is 9.87. The van der Waals surface area contributed by atoms with E-state index < -0.39 is 0 Å². The molecular weight excluding hydrogens is 218 g/mol. The van der Waals surface area contributed by atoms with Crippen LogP contribution in [0.25, 0.3) is 0 Å². The van der Waals surface area contributed by atoms with Crippen molar-refractivity contribution in [3.8, 4) is 6.07 Å². The van der Waals surface area contributed by atoms with Crippen LogP contribution in [0.4, 0.5) is 0 Å². The Balaban J connectivity index is 2.60. The lowest BCUT2D eigenvalue weighted by molar-refractivity contribution is 0.308. The fourth-order valence-electron chi connectivity index (χ4n) is 2.12. The average Bonchev–Trinajstić information content (AvgIpc) is 2.29. The Morgan fingerprint density at radius 3 is 2.88 bits per heavy atom. The van der Waals surface area contributed by atoms with Crippen molar-refractivity contribution in [3.05, 3.63) is 22.4 Å². The Hall–Kier alpha value is -1.05. The first-order chi connectivity index (χ1) is 7.67. The van der Waals surface area contributed by atoms with Gasteiger partial charge in [0.05, 0.1) is 5.56 Å². The Labute approximate surface area is 100 Å². The quantitative estimate of drug-likeness (QED) is 0.695. The van der Waals surface area contributed by atoms with E-state index in [1.165, 1.54) is 11.3 Å². The summed E-state index contributed by atoms with van der Waals surface area (Å²) < 4.78 is 0. The SMILES string of the molecule is CSc1nc2c(c(C)c1C#N)CN(C)CC2. The van der Waals surface area contributed by atoms with Gasteiger partial charge in [-0.15, -0.1) is 11.8 Å². The molecule has 2 heterocycles. The number of hydrogen-bond acceptors (Lipinski definition) is 4. The maximum atomic E-state index is 9.18. The van der Waals surface area contributed by atoms with Crippen molar-refractivity contribution >= 4 is 11.8 Å². The molecule has 0 fully saturated rings. The highest BCUT2D eigenvalue weighted by Gasteiger charge is 2.20. The molecule has 1 aliphatic rings. The highest BCUT2D eigenvalue weighted by molar-refractivity contribution is 7.98. The highest BCUT2D eigenvalue weighted by Crippen LogP contribution is 2.28. The Bertz CT molecular complexity index is 462. The number of pyridine rings is 1. The molecule has 4 heteroatoms. The smallest absolute Gasteiger partial charge is 0.114 e. The number of thioether (sulfide) groups is 1. The van der Waals surface area contributed by atoms with Gasteiger partial charge < -0.3 is 4.90 Å². The molecule has 0 bridgehead atoms. The Kier molecular flexibility index (Phi) is 3.17. The molecule has 1 aliphatic heterocycles. The summed E-state index contributed by atoms with van der Waals surface area (Å²) in [5.74, 6) is 0. The summed E-state index contributed by atoms with van der Waals surface area (Å²) in [6.45, 7) is 4.01. The monoisotopic (exact) mass is 233 g/mol. The van der Waals surface area contributed by atoms with Crippen LogP contribution in [0, 0.1) is 18.3 Å². The Morgan fingerprint density at radius 2 is 2.25 bits per heavy atom. The number of likely N-dealkylation sites (N-methyl/N-ethyl adjacent to an activating group) is 1. The van der Waals surface area contributed by atoms with Gasteiger partial charge in [-0.3, -0.25) is 0 Å². The van der Waals surface area contributed by atoms with Crippen molar-refractivity contribution in [2.45, 2.75) is 24.9 Å². The van der Waals surface area contributed by atoms with Gasteiger partial charge in [0.15, 0.2) is 0 Å². The fourth-order valence-corrected chi connectivity index (χ4v) is 2.72. The number of aromatic nitrogens is 1. The standard InChI is InChI=1S/C12H15N3S/c1-8-9(6-13)12(16-3)14-11-4-5-15(2)7-10(8)11/h4-5,7H2,1-3H3. The lowest BCUT2D eigenvalue weighted by Gasteiger charge is -2.26. The van der Waals surface area contributed by atoms with Gasteiger partial charge in [-0.25, -0.2) is 4.98 Å². The number of fused-ring (bicyclic) bond motifs is 1. The van der Waals surface area contributed by atoms with Gasteiger partial charge in [-0.1, -0.05) is 0 Å². The molecule has 0 aromatic carbocycles. The van der Waals surface area contributed by atoms with Gasteiger partial charge in [0.1, 0.15) is 11.1 Å². The minimum Gasteiger partial charge on any atom is -0.302 e. The fraction of sp³-hybridized carbons (Fsp3) is 0.500. The largest absolute Gasteiger partial charge is 0.302 e. The van der Waals surface area contributed by atoms with Gasteiger partial charge in [-0.05, 0) is 31.4 Å². The summed E-state index contributed by atoms with van der Waals surface area (Å²) in [5.41, 5.74) is 4.30. The van der Waals surface area contributed by atoms with E-state index in [1.54, 1.807) is 11.8 Å². The maximum absolute atomic E-state index is 9.18. The van der Waals surface area contributed by atoms with Crippen LogP contribution in [0.15, 0.2) is 5.03 Å². The van der Waals surface area contributed by atoms with Gasteiger partial charge >= 0.3 is 0 Å². The molecule has 1 aromatic rings. The number of rotatable bonds is 1. The molecule has 84 valence electrons. The van der Waals surface area contributed by atoms with Crippen LogP contribution in [0.1, 0.15) is 22.4 Å². The normalized spacial score (nSPS) is 15.6. The molecule has 0 atom stereocenters. The molecule has 3 nitrogen and oxygen atoms in total. The van der Waals surface area contributed by atoms with E-state index >= 15 is 0 Å². The first kappa shape index (κ1) is 11.4. The van der Waals surface area contributed by atoms with Gasteiger partial charge in [0.2, 0.25) is 0 Å². The van der Waals surface area contributed by atoms with E-state index in [0.717, 1.165) is 35.7 Å². The third kappa shape index (κ3) is 1.81. The van der Waals surface area contributed by atoms with Crippen molar-refractivity contribution in [3.63, 3.8) is 0 Å². The minimum absolute atomic E-state index is 0.751. The Morgan fingerprint density at radius 1 is 1.50 bits per heavy atom. The molecule has 0 radical (unpaired) electrons. The predicted octanol–water partition coefficient (Wildman–Crippen LogP) is 1.97. The molecule has 0 aliphatic carbocycles. The molecule has 2 rings (SSSR count). The van der Waals surface area contributed by atoms with Crippen molar-refractivity contribution in [1.29, 1.82) is 5.26 Å². The zero-order valence-corrected chi connectivity index (χ0v) is 10.7. The minimum atomic E-state index is 0.751. The van der Waals surface area contributed by atoms with Crippen molar-refractivity contribution < 1.29 is 0 Å². The van der Waals surface area contributed by atoms with Crippen molar-refractivity contribution in [1.82, 2.24) is 9.88 Å². The van der Waals surface area contributed by atoms with Gasteiger partial charge in [0, 0.05) is 25.2 Å². The summed E-state index contributed by atoms with van der Waals surface area (Å²) in [6, 6.07) is 2.28. The van der Waals surface area contributed by atoms with E-state index in [9.17, 15) is 5.26 Å². The van der Waals surface area contributed by atoms with Crippen LogP contribution in [-0.4, -0.2) is 29.7 Å². The van der Waals surface area contributed by atoms with E-state index in [0.29, 0.717) is 0 Å². The van der Waals surface area contributed by atoms with Gasteiger partial charge in [0.25, 0.3) is 0 Å². The summed E-state index contributed by atoms with van der Waals surface area (Å²) in [4.78, 5) is 6.89. The molecule has 0 unspecified atom stereocenters. The zero-order chi connectivity index (χ0) is 11.7. The van der Waals surface area contributed by atoms with Crippen molar-refractivity contribution in [2.75, 3.05) is 19.8 Å². The van der Waals surface area contributed by atoms with Gasteiger partial charge in [-0.2, -0.15) is 5.26 Å². The summed E-state index contributed by atoms with van der Waals surface area (Å²) in [6.07, 6.45) is 2.97. The lowest BCUT2D eigenvalue weighted by Crippen LogP contribution is -2.28. The number of hydrogen-bond donors (Lipinski definition) is 0. The van der Waals surface area contributed by atoms with Crippen LogP contribution in [0.5, 0.6) is 0 Å². The molecule has 0 saturated carbocycles. The number of nitrogens with zero attached hydrogens (tertiary/aromatic N) is 3. The molecule has 0 spiro atoms. The third-order valence-corrected chi connectivity index (χ3v) is 3.77.